The van der Waals surface area contributed by atoms with Gasteiger partial charge in [-0.05, 0) is 44.5 Å². The minimum absolute atomic E-state index is 0.0712. The summed E-state index contributed by atoms with van der Waals surface area (Å²) in [4.78, 5) is 12.9. The van der Waals surface area contributed by atoms with Gasteiger partial charge in [0.2, 0.25) is 0 Å². The van der Waals surface area contributed by atoms with Crippen LogP contribution in [-0.2, 0) is 4.79 Å². The van der Waals surface area contributed by atoms with E-state index >= 15 is 0 Å². The fourth-order valence-electron chi connectivity index (χ4n) is 3.37. The molecule has 0 spiro atoms. The van der Waals surface area contributed by atoms with Crippen LogP contribution in [0.3, 0.4) is 0 Å². The van der Waals surface area contributed by atoms with Crippen LogP contribution in [0.4, 0.5) is 4.39 Å². The van der Waals surface area contributed by atoms with Crippen molar-refractivity contribution in [1.82, 2.24) is 5.32 Å². The molecule has 1 aliphatic rings. The number of halogens is 1. The molecule has 0 radical (unpaired) electrons. The molecule has 2 atom stereocenters. The number of amides is 1. The molecule has 0 aromatic heterocycles. The molecule has 0 aliphatic carbocycles. The standard InChI is InChI=1S/C22H26FNO4/c1-5-18(27-19-9-7-6-8-16(19)23)21(25)24-17-13-22(2,3)28-20-12-14(26-4)10-11-15(17)20/h6-12,17-18H,5,13H2,1-4H3,(H,24,25)/t17-,18+/m1/s1. The Labute approximate surface area is 164 Å². The summed E-state index contributed by atoms with van der Waals surface area (Å²) in [5, 5.41) is 3.05. The molecule has 5 nitrogen and oxygen atoms in total. The number of fused-ring (bicyclic) bond motifs is 1. The van der Waals surface area contributed by atoms with Gasteiger partial charge in [-0.15, -0.1) is 0 Å². The van der Waals surface area contributed by atoms with Crippen LogP contribution in [0.1, 0.15) is 45.2 Å². The predicted octanol–water partition coefficient (Wildman–Crippen LogP) is 4.41. The number of hydrogen-bond acceptors (Lipinski definition) is 4. The Kier molecular flexibility index (Phi) is 5.77. The Balaban J connectivity index is 1.79. The molecule has 3 rings (SSSR count). The molecule has 1 amide bonds. The molecule has 6 heteroatoms. The third-order valence-corrected chi connectivity index (χ3v) is 4.76. The molecule has 0 saturated carbocycles. The van der Waals surface area contributed by atoms with E-state index in [1.165, 1.54) is 12.1 Å². The van der Waals surface area contributed by atoms with Gasteiger partial charge in [0.25, 0.3) is 5.91 Å². The van der Waals surface area contributed by atoms with E-state index in [0.717, 1.165) is 5.56 Å². The Morgan fingerprint density at radius 2 is 2.07 bits per heavy atom. The average molecular weight is 387 g/mol. The normalized spacial score (nSPS) is 18.4. The van der Waals surface area contributed by atoms with Gasteiger partial charge >= 0.3 is 0 Å². The smallest absolute Gasteiger partial charge is 0.261 e. The molecule has 1 N–H and O–H groups in total. The van der Waals surface area contributed by atoms with Crippen molar-refractivity contribution in [2.24, 2.45) is 0 Å². The van der Waals surface area contributed by atoms with Crippen LogP contribution in [0.15, 0.2) is 42.5 Å². The highest BCUT2D eigenvalue weighted by atomic mass is 19.1. The number of carbonyl (C=O) groups is 1. The lowest BCUT2D eigenvalue weighted by molar-refractivity contribution is -0.129. The Hall–Kier alpha value is -2.76. The van der Waals surface area contributed by atoms with Crippen LogP contribution in [-0.4, -0.2) is 24.7 Å². The highest BCUT2D eigenvalue weighted by Gasteiger charge is 2.36. The van der Waals surface area contributed by atoms with Crippen molar-refractivity contribution in [1.29, 1.82) is 0 Å². The fourth-order valence-corrected chi connectivity index (χ4v) is 3.37. The second-order valence-corrected chi connectivity index (χ2v) is 7.48. The molecule has 1 aliphatic heterocycles. The van der Waals surface area contributed by atoms with Gasteiger partial charge in [-0.25, -0.2) is 4.39 Å². The van der Waals surface area contributed by atoms with Crippen LogP contribution in [0.2, 0.25) is 0 Å². The van der Waals surface area contributed by atoms with Crippen molar-refractivity contribution in [2.75, 3.05) is 7.11 Å². The zero-order valence-electron chi connectivity index (χ0n) is 16.6. The first kappa shape index (κ1) is 20.0. The number of carbonyl (C=O) groups excluding carboxylic acids is 1. The largest absolute Gasteiger partial charge is 0.497 e. The molecule has 0 unspecified atom stereocenters. The monoisotopic (exact) mass is 387 g/mol. The van der Waals surface area contributed by atoms with Gasteiger partial charge in [-0.3, -0.25) is 4.79 Å². The molecular weight excluding hydrogens is 361 g/mol. The molecule has 0 saturated heterocycles. The van der Waals surface area contributed by atoms with E-state index < -0.39 is 17.5 Å². The summed E-state index contributed by atoms with van der Waals surface area (Å²) < 4.78 is 30.9. The number of methoxy groups -OCH3 is 1. The minimum atomic E-state index is -0.787. The third kappa shape index (κ3) is 4.38. The van der Waals surface area contributed by atoms with Gasteiger partial charge in [0.1, 0.15) is 17.1 Å². The minimum Gasteiger partial charge on any atom is -0.497 e. The van der Waals surface area contributed by atoms with E-state index in [0.29, 0.717) is 24.3 Å². The van der Waals surface area contributed by atoms with Gasteiger partial charge in [0, 0.05) is 18.1 Å². The lowest BCUT2D eigenvalue weighted by Crippen LogP contribution is -2.45. The van der Waals surface area contributed by atoms with Gasteiger partial charge in [0.15, 0.2) is 17.7 Å². The zero-order chi connectivity index (χ0) is 20.3. The topological polar surface area (TPSA) is 56.8 Å². The van der Waals surface area contributed by atoms with Crippen LogP contribution in [0, 0.1) is 5.82 Å². The molecule has 2 aromatic carbocycles. The number of ether oxygens (including phenoxy) is 3. The van der Waals surface area contributed by atoms with Crippen LogP contribution in [0.5, 0.6) is 17.2 Å². The average Bonchev–Trinajstić information content (AvgIpc) is 2.65. The van der Waals surface area contributed by atoms with Crippen LogP contribution in [0.25, 0.3) is 0 Å². The van der Waals surface area contributed by atoms with Gasteiger partial charge < -0.3 is 19.5 Å². The highest BCUT2D eigenvalue weighted by Crippen LogP contribution is 2.41. The van der Waals surface area contributed by atoms with E-state index in [-0.39, 0.29) is 17.7 Å². The molecular formula is C22H26FNO4. The zero-order valence-corrected chi connectivity index (χ0v) is 16.6. The quantitative estimate of drug-likeness (QED) is 0.798. The molecule has 28 heavy (non-hydrogen) atoms. The van der Waals surface area contributed by atoms with Crippen molar-refractivity contribution >= 4 is 5.91 Å². The van der Waals surface area contributed by atoms with Crippen LogP contribution >= 0.6 is 0 Å². The summed E-state index contributed by atoms with van der Waals surface area (Å²) in [5.41, 5.74) is 0.431. The first-order valence-corrected chi connectivity index (χ1v) is 9.41. The lowest BCUT2D eigenvalue weighted by atomic mass is 9.89. The molecule has 0 fully saturated rings. The first-order chi connectivity index (χ1) is 13.3. The summed E-state index contributed by atoms with van der Waals surface area (Å²) in [5.74, 6) is 0.676. The summed E-state index contributed by atoms with van der Waals surface area (Å²) >= 11 is 0. The van der Waals surface area contributed by atoms with Crippen molar-refractivity contribution in [3.05, 3.63) is 53.8 Å². The summed E-state index contributed by atoms with van der Waals surface area (Å²) in [6.07, 6.45) is 0.237. The van der Waals surface area contributed by atoms with Crippen molar-refractivity contribution in [2.45, 2.75) is 51.4 Å². The van der Waals surface area contributed by atoms with Gasteiger partial charge in [-0.2, -0.15) is 0 Å². The summed E-state index contributed by atoms with van der Waals surface area (Å²) in [7, 11) is 1.60. The van der Waals surface area contributed by atoms with Crippen molar-refractivity contribution in [3.8, 4) is 17.2 Å². The molecule has 150 valence electrons. The first-order valence-electron chi connectivity index (χ1n) is 9.41. The van der Waals surface area contributed by atoms with Crippen molar-refractivity contribution in [3.63, 3.8) is 0 Å². The molecule has 1 heterocycles. The summed E-state index contributed by atoms with van der Waals surface area (Å²) in [6, 6.07) is 11.4. The van der Waals surface area contributed by atoms with E-state index in [4.69, 9.17) is 14.2 Å². The fraction of sp³-hybridized carbons (Fsp3) is 0.409. The van der Waals surface area contributed by atoms with Crippen molar-refractivity contribution < 1.29 is 23.4 Å². The Bertz CT molecular complexity index is 852. The number of benzene rings is 2. The Morgan fingerprint density at radius 3 is 2.75 bits per heavy atom. The Morgan fingerprint density at radius 1 is 1.32 bits per heavy atom. The van der Waals surface area contributed by atoms with Gasteiger partial charge in [0.05, 0.1) is 13.2 Å². The van der Waals surface area contributed by atoms with Crippen LogP contribution < -0.4 is 19.5 Å². The number of rotatable bonds is 6. The highest BCUT2D eigenvalue weighted by molar-refractivity contribution is 5.81. The van der Waals surface area contributed by atoms with E-state index in [1.54, 1.807) is 19.2 Å². The second kappa shape index (κ2) is 8.09. The number of para-hydroxylation sites is 1. The van der Waals surface area contributed by atoms with Gasteiger partial charge in [-0.1, -0.05) is 19.1 Å². The van der Waals surface area contributed by atoms with E-state index in [2.05, 4.69) is 5.32 Å². The molecule has 0 bridgehead atoms. The second-order valence-electron chi connectivity index (χ2n) is 7.48. The predicted molar refractivity (Wildman–Crippen MR) is 104 cm³/mol. The lowest BCUT2D eigenvalue weighted by Gasteiger charge is -2.38. The molecule has 2 aromatic rings. The maximum atomic E-state index is 13.9. The SMILES string of the molecule is CC[C@H](Oc1ccccc1F)C(=O)N[C@@H]1CC(C)(C)Oc2cc(OC)ccc21. The van der Waals surface area contributed by atoms with E-state index in [1.807, 2.05) is 39.0 Å². The van der Waals surface area contributed by atoms with E-state index in [9.17, 15) is 9.18 Å². The third-order valence-electron chi connectivity index (χ3n) is 4.76. The number of nitrogens with one attached hydrogen (secondary N) is 1. The maximum absolute atomic E-state index is 13.9. The maximum Gasteiger partial charge on any atom is 0.261 e. The summed E-state index contributed by atoms with van der Waals surface area (Å²) in [6.45, 7) is 5.78. The number of hydrogen-bond donors (Lipinski definition) is 1.